The van der Waals surface area contributed by atoms with Gasteiger partial charge in [-0.2, -0.15) is 0 Å². The third kappa shape index (κ3) is 4.07. The van der Waals surface area contributed by atoms with Crippen molar-refractivity contribution in [1.82, 2.24) is 9.80 Å². The van der Waals surface area contributed by atoms with E-state index in [0.29, 0.717) is 6.54 Å². The third-order valence-electron chi connectivity index (χ3n) is 3.60. The van der Waals surface area contributed by atoms with Crippen molar-refractivity contribution < 1.29 is 29.0 Å². The molecule has 1 saturated heterocycles. The highest BCUT2D eigenvalue weighted by molar-refractivity contribution is 5.79. The van der Waals surface area contributed by atoms with Gasteiger partial charge in [-0.25, -0.2) is 9.59 Å². The number of carboxylic acids is 1. The molecule has 8 nitrogen and oxygen atoms in total. The fourth-order valence-electron chi connectivity index (χ4n) is 2.32. The Morgan fingerprint density at radius 1 is 1.38 bits per heavy atom. The molecule has 0 aromatic rings. The number of rotatable bonds is 5. The minimum atomic E-state index is -0.928. The lowest BCUT2D eigenvalue weighted by Gasteiger charge is -2.35. The van der Waals surface area contributed by atoms with Gasteiger partial charge in [0.05, 0.1) is 26.7 Å². The number of amides is 2. The minimum Gasteiger partial charge on any atom is -0.481 e. The molecule has 1 unspecified atom stereocenters. The molecule has 118 valence electrons. The Bertz CT molecular complexity index is 423. The molecule has 1 saturated carbocycles. The summed E-state index contributed by atoms with van der Waals surface area (Å²) < 4.78 is 9.91. The Balaban J connectivity index is 1.95. The van der Waals surface area contributed by atoms with E-state index in [1.807, 2.05) is 0 Å². The predicted molar refractivity (Wildman–Crippen MR) is 70.7 cm³/mol. The van der Waals surface area contributed by atoms with E-state index in [-0.39, 0.29) is 38.2 Å². The first-order valence-electron chi connectivity index (χ1n) is 6.99. The zero-order valence-corrected chi connectivity index (χ0v) is 12.0. The predicted octanol–water partition coefficient (Wildman–Crippen LogP) is -0.0807. The molecule has 2 fully saturated rings. The summed E-state index contributed by atoms with van der Waals surface area (Å²) >= 11 is 0. The third-order valence-corrected chi connectivity index (χ3v) is 3.60. The molecule has 0 radical (unpaired) electrons. The first-order valence-corrected chi connectivity index (χ1v) is 6.99. The summed E-state index contributed by atoms with van der Waals surface area (Å²) in [6.45, 7) is 0.993. The highest BCUT2D eigenvalue weighted by Gasteiger charge is 2.37. The number of carboxylic acid groups (broad SMARTS) is 1. The lowest BCUT2D eigenvalue weighted by molar-refractivity contribution is -0.158. The van der Waals surface area contributed by atoms with Crippen molar-refractivity contribution in [3.63, 3.8) is 0 Å². The lowest BCUT2D eigenvalue weighted by atomic mass is 10.2. The smallest absolute Gasteiger partial charge is 0.336 e. The number of carbonyl (C=O) groups excluding carboxylic acids is 2. The number of hydrogen-bond donors (Lipinski definition) is 1. The number of aliphatic carboxylic acids is 1. The number of hydrogen-bond acceptors (Lipinski definition) is 5. The van der Waals surface area contributed by atoms with Crippen molar-refractivity contribution in [3.05, 3.63) is 0 Å². The van der Waals surface area contributed by atoms with Gasteiger partial charge in [0.2, 0.25) is 0 Å². The summed E-state index contributed by atoms with van der Waals surface area (Å²) in [4.78, 5) is 37.8. The molecule has 1 heterocycles. The number of urea groups is 1. The molecular formula is C13H20N2O6. The molecule has 1 atom stereocenters. The molecule has 2 rings (SSSR count). The molecule has 2 amide bonds. The van der Waals surface area contributed by atoms with Crippen molar-refractivity contribution in [2.24, 2.45) is 0 Å². The summed E-state index contributed by atoms with van der Waals surface area (Å²) in [7, 11) is 1.27. The number of carbonyl (C=O) groups is 3. The van der Waals surface area contributed by atoms with Crippen LogP contribution in [0.2, 0.25) is 0 Å². The number of ether oxygens (including phenoxy) is 2. The maximum Gasteiger partial charge on any atom is 0.336 e. The van der Waals surface area contributed by atoms with Crippen LogP contribution in [-0.2, 0) is 19.1 Å². The summed E-state index contributed by atoms with van der Waals surface area (Å²) in [6.07, 6.45) is 0.951. The van der Waals surface area contributed by atoms with Crippen LogP contribution in [0.4, 0.5) is 4.79 Å². The van der Waals surface area contributed by atoms with Crippen LogP contribution < -0.4 is 0 Å². The Hall–Kier alpha value is -1.83. The number of nitrogens with zero attached hydrogens (tertiary/aromatic N) is 2. The zero-order valence-electron chi connectivity index (χ0n) is 12.0. The number of esters is 1. The van der Waals surface area contributed by atoms with E-state index < -0.39 is 18.0 Å². The number of methoxy groups -OCH3 is 1. The highest BCUT2D eigenvalue weighted by Crippen LogP contribution is 2.28. The lowest BCUT2D eigenvalue weighted by Crippen LogP contribution is -2.53. The van der Waals surface area contributed by atoms with E-state index in [1.165, 1.54) is 12.0 Å². The molecule has 21 heavy (non-hydrogen) atoms. The van der Waals surface area contributed by atoms with Gasteiger partial charge in [0.15, 0.2) is 6.10 Å². The average molecular weight is 300 g/mol. The Labute approximate surface area is 122 Å². The standard InChI is InChI=1S/C13H20N2O6/c1-20-12(18)10-8-14(6-7-21-10)13(19)15(9-2-3-9)5-4-11(16)17/h9-10H,2-8H2,1H3,(H,16,17). The average Bonchev–Trinajstić information content (AvgIpc) is 3.31. The largest absolute Gasteiger partial charge is 0.481 e. The second kappa shape index (κ2) is 6.75. The van der Waals surface area contributed by atoms with Crippen LogP contribution in [0.1, 0.15) is 19.3 Å². The van der Waals surface area contributed by atoms with E-state index in [1.54, 1.807) is 4.90 Å². The van der Waals surface area contributed by atoms with E-state index in [0.717, 1.165) is 12.8 Å². The SMILES string of the molecule is COC(=O)C1CN(C(=O)N(CCC(=O)O)C2CC2)CCO1. The Morgan fingerprint density at radius 2 is 2.10 bits per heavy atom. The monoisotopic (exact) mass is 300 g/mol. The molecule has 0 bridgehead atoms. The molecule has 0 aromatic carbocycles. The molecule has 1 aliphatic carbocycles. The second-order valence-corrected chi connectivity index (χ2v) is 5.18. The quantitative estimate of drug-likeness (QED) is 0.713. The van der Waals surface area contributed by atoms with E-state index in [9.17, 15) is 14.4 Å². The van der Waals surface area contributed by atoms with Crippen LogP contribution in [-0.4, -0.2) is 78.4 Å². The van der Waals surface area contributed by atoms with E-state index in [2.05, 4.69) is 4.74 Å². The molecule has 8 heteroatoms. The maximum absolute atomic E-state index is 12.5. The van der Waals surface area contributed by atoms with Gasteiger partial charge in [0.1, 0.15) is 0 Å². The Morgan fingerprint density at radius 3 is 2.67 bits per heavy atom. The fourth-order valence-corrected chi connectivity index (χ4v) is 2.32. The molecular weight excluding hydrogens is 280 g/mol. The van der Waals surface area contributed by atoms with Crippen LogP contribution in [0, 0.1) is 0 Å². The van der Waals surface area contributed by atoms with Gasteiger partial charge >= 0.3 is 18.0 Å². The van der Waals surface area contributed by atoms with Gasteiger partial charge in [0, 0.05) is 19.1 Å². The van der Waals surface area contributed by atoms with Gasteiger partial charge < -0.3 is 24.4 Å². The minimum absolute atomic E-state index is 0.0764. The van der Waals surface area contributed by atoms with E-state index in [4.69, 9.17) is 9.84 Å². The van der Waals surface area contributed by atoms with Gasteiger partial charge in [0.25, 0.3) is 0 Å². The highest BCUT2D eigenvalue weighted by atomic mass is 16.6. The van der Waals surface area contributed by atoms with Crippen molar-refractivity contribution in [2.75, 3.05) is 33.4 Å². The second-order valence-electron chi connectivity index (χ2n) is 5.18. The van der Waals surface area contributed by atoms with Crippen LogP contribution in [0.3, 0.4) is 0 Å². The van der Waals surface area contributed by atoms with Gasteiger partial charge in [-0.15, -0.1) is 0 Å². The van der Waals surface area contributed by atoms with Crippen LogP contribution in [0.5, 0.6) is 0 Å². The summed E-state index contributed by atoms with van der Waals surface area (Å²) in [5.41, 5.74) is 0. The normalized spacial score (nSPS) is 21.8. The molecule has 2 aliphatic rings. The summed E-state index contributed by atoms with van der Waals surface area (Å²) in [6, 6.07) is -0.104. The van der Waals surface area contributed by atoms with Crippen LogP contribution in [0.15, 0.2) is 0 Å². The maximum atomic E-state index is 12.5. The van der Waals surface area contributed by atoms with Crippen LogP contribution in [0.25, 0.3) is 0 Å². The number of morpholine rings is 1. The van der Waals surface area contributed by atoms with Crippen molar-refractivity contribution >= 4 is 18.0 Å². The van der Waals surface area contributed by atoms with Crippen molar-refractivity contribution in [3.8, 4) is 0 Å². The molecule has 1 N–H and O–H groups in total. The summed E-state index contributed by atoms with van der Waals surface area (Å²) in [5.74, 6) is -1.43. The van der Waals surface area contributed by atoms with E-state index >= 15 is 0 Å². The van der Waals surface area contributed by atoms with Gasteiger partial charge in [-0.1, -0.05) is 0 Å². The topological polar surface area (TPSA) is 96.4 Å². The van der Waals surface area contributed by atoms with Gasteiger partial charge in [-0.3, -0.25) is 4.79 Å². The fraction of sp³-hybridized carbons (Fsp3) is 0.769. The van der Waals surface area contributed by atoms with Crippen LogP contribution >= 0.6 is 0 Å². The van der Waals surface area contributed by atoms with Crippen molar-refractivity contribution in [2.45, 2.75) is 31.4 Å². The first-order chi connectivity index (χ1) is 10.0. The molecule has 1 aliphatic heterocycles. The zero-order chi connectivity index (χ0) is 15.4. The van der Waals surface area contributed by atoms with Crippen molar-refractivity contribution in [1.29, 1.82) is 0 Å². The molecule has 0 spiro atoms. The molecule has 0 aromatic heterocycles. The first kappa shape index (κ1) is 15.6. The van der Waals surface area contributed by atoms with Gasteiger partial charge in [-0.05, 0) is 12.8 Å². The Kier molecular flexibility index (Phi) is 5.00. The summed E-state index contributed by atoms with van der Waals surface area (Å²) in [5, 5.41) is 8.77.